The Morgan fingerprint density at radius 3 is 2.71 bits per heavy atom. The lowest BCUT2D eigenvalue weighted by Gasteiger charge is -2.15. The van der Waals surface area contributed by atoms with Crippen molar-refractivity contribution < 1.29 is 13.9 Å². The van der Waals surface area contributed by atoms with Crippen molar-refractivity contribution in [2.45, 2.75) is 25.8 Å². The molecule has 0 saturated heterocycles. The van der Waals surface area contributed by atoms with Gasteiger partial charge in [0.15, 0.2) is 11.5 Å². The van der Waals surface area contributed by atoms with Gasteiger partial charge in [-0.3, -0.25) is 9.36 Å². The number of methoxy groups -OCH3 is 2. The van der Waals surface area contributed by atoms with Gasteiger partial charge in [-0.15, -0.1) is 11.3 Å². The SMILES string of the molecule is COc1ccc(-c2nc3sc4c(c3c(=O)n2Cc2cccc(F)c2)CCC4)cc1OC. The molecule has 31 heavy (non-hydrogen) atoms. The van der Waals surface area contributed by atoms with Crippen LogP contribution in [-0.4, -0.2) is 23.8 Å². The molecule has 0 N–H and O–H groups in total. The van der Waals surface area contributed by atoms with E-state index in [9.17, 15) is 9.18 Å². The zero-order valence-electron chi connectivity index (χ0n) is 17.3. The fourth-order valence-corrected chi connectivity index (χ4v) is 5.49. The van der Waals surface area contributed by atoms with Crippen molar-refractivity contribution >= 4 is 21.6 Å². The monoisotopic (exact) mass is 436 g/mol. The van der Waals surface area contributed by atoms with Crippen LogP contribution in [0.1, 0.15) is 22.4 Å². The Balaban J connectivity index is 1.75. The lowest BCUT2D eigenvalue weighted by atomic mass is 10.1. The van der Waals surface area contributed by atoms with Crippen LogP contribution in [0, 0.1) is 5.82 Å². The largest absolute Gasteiger partial charge is 0.493 e. The van der Waals surface area contributed by atoms with Crippen LogP contribution in [0.5, 0.6) is 11.5 Å². The van der Waals surface area contributed by atoms with Gasteiger partial charge < -0.3 is 9.47 Å². The molecule has 0 aliphatic heterocycles. The van der Waals surface area contributed by atoms with E-state index in [4.69, 9.17) is 14.5 Å². The summed E-state index contributed by atoms with van der Waals surface area (Å²) in [6, 6.07) is 11.8. The Kier molecular flexibility index (Phi) is 4.98. The molecular weight excluding hydrogens is 415 g/mol. The van der Waals surface area contributed by atoms with Gasteiger partial charge in [0.05, 0.1) is 26.2 Å². The first-order chi connectivity index (χ1) is 15.1. The maximum absolute atomic E-state index is 13.8. The molecule has 2 aromatic heterocycles. The number of hydrogen-bond donors (Lipinski definition) is 0. The highest BCUT2D eigenvalue weighted by molar-refractivity contribution is 7.18. The molecule has 0 saturated carbocycles. The third-order valence-corrected chi connectivity index (χ3v) is 6.88. The molecule has 1 aliphatic carbocycles. The molecule has 0 atom stereocenters. The van der Waals surface area contributed by atoms with Crippen LogP contribution >= 0.6 is 11.3 Å². The molecule has 0 unspecified atom stereocenters. The van der Waals surface area contributed by atoms with E-state index < -0.39 is 0 Å². The van der Waals surface area contributed by atoms with Gasteiger partial charge in [0.2, 0.25) is 0 Å². The van der Waals surface area contributed by atoms with Gasteiger partial charge in [-0.25, -0.2) is 9.37 Å². The van der Waals surface area contributed by atoms with E-state index in [-0.39, 0.29) is 17.9 Å². The molecule has 7 heteroatoms. The number of nitrogens with zero attached hydrogens (tertiary/aromatic N) is 2. The van der Waals surface area contributed by atoms with Crippen LogP contribution < -0.4 is 15.0 Å². The Labute approximate surface area is 182 Å². The van der Waals surface area contributed by atoms with Crippen LogP contribution in [0.3, 0.4) is 0 Å². The van der Waals surface area contributed by atoms with Crippen LogP contribution in [0.2, 0.25) is 0 Å². The van der Waals surface area contributed by atoms with Gasteiger partial charge in [-0.1, -0.05) is 12.1 Å². The number of fused-ring (bicyclic) bond motifs is 3. The smallest absolute Gasteiger partial charge is 0.263 e. The van der Waals surface area contributed by atoms with Crippen LogP contribution in [0.15, 0.2) is 47.3 Å². The van der Waals surface area contributed by atoms with E-state index in [1.54, 1.807) is 42.3 Å². The third-order valence-electron chi connectivity index (χ3n) is 5.70. The first-order valence-corrected chi connectivity index (χ1v) is 10.9. The van der Waals surface area contributed by atoms with Crippen molar-refractivity contribution in [2.75, 3.05) is 14.2 Å². The molecular formula is C24H21FN2O3S. The standard InChI is InChI=1S/C24H21FN2O3S/c1-29-18-10-9-15(12-19(18)30-2)22-26-23-21(17-7-4-8-20(17)31-23)24(28)27(22)13-14-5-3-6-16(25)11-14/h3,5-6,9-12H,4,7-8,13H2,1-2H3. The summed E-state index contributed by atoms with van der Waals surface area (Å²) in [5.74, 6) is 1.35. The highest BCUT2D eigenvalue weighted by Gasteiger charge is 2.24. The lowest BCUT2D eigenvalue weighted by molar-refractivity contribution is 0.355. The number of aromatic nitrogens is 2. The van der Waals surface area contributed by atoms with Crippen molar-refractivity contribution in [1.82, 2.24) is 9.55 Å². The van der Waals surface area contributed by atoms with Crippen LogP contribution in [0.4, 0.5) is 4.39 Å². The van der Waals surface area contributed by atoms with E-state index in [0.29, 0.717) is 28.3 Å². The first kappa shape index (κ1) is 19.8. The van der Waals surface area contributed by atoms with Crippen molar-refractivity contribution in [3.05, 3.63) is 74.6 Å². The summed E-state index contributed by atoms with van der Waals surface area (Å²) in [7, 11) is 3.15. The number of aryl methyl sites for hydroxylation is 2. The number of rotatable bonds is 5. The summed E-state index contributed by atoms with van der Waals surface area (Å²) >= 11 is 1.60. The Morgan fingerprint density at radius 1 is 1.10 bits per heavy atom. The van der Waals surface area contributed by atoms with Gasteiger partial charge in [0.25, 0.3) is 5.56 Å². The second kappa shape index (κ2) is 7.81. The molecule has 0 radical (unpaired) electrons. The van der Waals surface area contributed by atoms with Crippen molar-refractivity contribution in [1.29, 1.82) is 0 Å². The highest BCUT2D eigenvalue weighted by atomic mass is 32.1. The molecule has 2 heterocycles. The number of hydrogen-bond acceptors (Lipinski definition) is 5. The summed E-state index contributed by atoms with van der Waals surface area (Å²) in [6.45, 7) is 0.230. The topological polar surface area (TPSA) is 53.3 Å². The number of benzene rings is 2. The minimum Gasteiger partial charge on any atom is -0.493 e. The highest BCUT2D eigenvalue weighted by Crippen LogP contribution is 2.37. The minimum atomic E-state index is -0.330. The van der Waals surface area contributed by atoms with Crippen molar-refractivity contribution in [3.63, 3.8) is 0 Å². The Morgan fingerprint density at radius 2 is 1.94 bits per heavy atom. The molecule has 0 amide bonds. The first-order valence-electron chi connectivity index (χ1n) is 10.1. The fourth-order valence-electron chi connectivity index (χ4n) is 4.24. The second-order valence-corrected chi connectivity index (χ2v) is 8.65. The van der Waals surface area contributed by atoms with Gasteiger partial charge in [-0.2, -0.15) is 0 Å². The molecule has 1 aliphatic rings. The fraction of sp³-hybridized carbons (Fsp3) is 0.250. The number of ether oxygens (including phenoxy) is 2. The molecule has 0 bridgehead atoms. The van der Waals surface area contributed by atoms with E-state index in [2.05, 4.69) is 0 Å². The molecule has 5 rings (SSSR count). The van der Waals surface area contributed by atoms with Crippen molar-refractivity contribution in [2.24, 2.45) is 0 Å². The van der Waals surface area contributed by atoms with Gasteiger partial charge in [0.1, 0.15) is 16.5 Å². The Bertz CT molecular complexity index is 1360. The molecule has 2 aromatic carbocycles. The quantitative estimate of drug-likeness (QED) is 0.450. The van der Waals surface area contributed by atoms with Crippen LogP contribution in [-0.2, 0) is 19.4 Å². The maximum atomic E-state index is 13.8. The summed E-state index contributed by atoms with van der Waals surface area (Å²) in [4.78, 5) is 20.6. The average Bonchev–Trinajstić information content (AvgIpc) is 3.36. The predicted octanol–water partition coefficient (Wildman–Crippen LogP) is 4.82. The minimum absolute atomic E-state index is 0.0848. The van der Waals surface area contributed by atoms with E-state index in [1.165, 1.54) is 17.0 Å². The normalized spacial score (nSPS) is 12.9. The summed E-state index contributed by atoms with van der Waals surface area (Å²) in [5, 5.41) is 0.707. The van der Waals surface area contributed by atoms with E-state index in [1.807, 2.05) is 18.2 Å². The zero-order chi connectivity index (χ0) is 21.5. The molecule has 4 aromatic rings. The number of thiophene rings is 1. The third kappa shape index (κ3) is 3.39. The van der Waals surface area contributed by atoms with Crippen LogP contribution in [0.25, 0.3) is 21.6 Å². The lowest BCUT2D eigenvalue weighted by Crippen LogP contribution is -2.24. The van der Waals surface area contributed by atoms with Gasteiger partial charge in [-0.05, 0) is 60.7 Å². The predicted molar refractivity (Wildman–Crippen MR) is 120 cm³/mol. The summed E-state index contributed by atoms with van der Waals surface area (Å²) < 4.78 is 26.3. The average molecular weight is 437 g/mol. The zero-order valence-corrected chi connectivity index (χ0v) is 18.1. The molecule has 0 spiro atoms. The second-order valence-electron chi connectivity index (χ2n) is 7.56. The number of halogens is 1. The molecule has 158 valence electrons. The van der Waals surface area contributed by atoms with Crippen molar-refractivity contribution in [3.8, 4) is 22.9 Å². The molecule has 5 nitrogen and oxygen atoms in total. The Hall–Kier alpha value is -3.19. The van der Waals surface area contributed by atoms with E-state index >= 15 is 0 Å². The maximum Gasteiger partial charge on any atom is 0.263 e. The summed E-state index contributed by atoms with van der Waals surface area (Å²) in [5.41, 5.74) is 2.49. The summed E-state index contributed by atoms with van der Waals surface area (Å²) in [6.07, 6.45) is 2.96. The van der Waals surface area contributed by atoms with Gasteiger partial charge >= 0.3 is 0 Å². The van der Waals surface area contributed by atoms with Gasteiger partial charge in [0, 0.05) is 10.4 Å². The van der Waals surface area contributed by atoms with E-state index in [0.717, 1.165) is 35.2 Å². The molecule has 0 fully saturated rings.